The highest BCUT2D eigenvalue weighted by Crippen LogP contribution is 2.29. The SMILES string of the molecule is CC(C)(C)O.N.Oc1cccc(Cl)c1Cl. The van der Waals surface area contributed by atoms with Gasteiger partial charge in [0.1, 0.15) is 10.8 Å². The summed E-state index contributed by atoms with van der Waals surface area (Å²) < 4.78 is 0. The van der Waals surface area contributed by atoms with Crippen LogP contribution < -0.4 is 6.15 Å². The molecule has 0 bridgehead atoms. The Morgan fingerprint density at radius 2 is 1.53 bits per heavy atom. The summed E-state index contributed by atoms with van der Waals surface area (Å²) in [5.74, 6) is 0.0177. The molecule has 1 aromatic rings. The number of phenolic OH excluding ortho intramolecular Hbond substituents is 1. The maximum Gasteiger partial charge on any atom is 0.135 e. The smallest absolute Gasteiger partial charge is 0.135 e. The van der Waals surface area contributed by atoms with E-state index in [2.05, 4.69) is 0 Å². The maximum atomic E-state index is 8.88. The van der Waals surface area contributed by atoms with E-state index in [1.807, 2.05) is 0 Å². The van der Waals surface area contributed by atoms with Crippen LogP contribution in [0.5, 0.6) is 5.75 Å². The molecule has 0 aromatic heterocycles. The van der Waals surface area contributed by atoms with Crippen molar-refractivity contribution in [3.05, 3.63) is 28.2 Å². The van der Waals surface area contributed by atoms with Gasteiger partial charge in [0.2, 0.25) is 0 Å². The van der Waals surface area contributed by atoms with Gasteiger partial charge in [0.15, 0.2) is 0 Å². The first-order valence-electron chi connectivity index (χ1n) is 4.07. The van der Waals surface area contributed by atoms with E-state index >= 15 is 0 Å². The summed E-state index contributed by atoms with van der Waals surface area (Å²) in [6.45, 7) is 5.23. The highest BCUT2D eigenvalue weighted by molar-refractivity contribution is 6.42. The Bertz CT molecular complexity index is 272. The van der Waals surface area contributed by atoms with Gasteiger partial charge in [0.25, 0.3) is 0 Å². The zero-order valence-corrected chi connectivity index (χ0v) is 10.6. The average Bonchev–Trinajstić information content (AvgIpc) is 1.97. The molecule has 1 aromatic carbocycles. The van der Waals surface area contributed by atoms with Gasteiger partial charge in [-0.05, 0) is 32.9 Å². The molecule has 0 spiro atoms. The van der Waals surface area contributed by atoms with Gasteiger partial charge in [0.05, 0.1) is 10.6 Å². The van der Waals surface area contributed by atoms with Crippen LogP contribution in [0.2, 0.25) is 10.0 Å². The Labute approximate surface area is 100 Å². The Kier molecular flexibility index (Phi) is 7.79. The topological polar surface area (TPSA) is 75.5 Å². The van der Waals surface area contributed by atoms with Crippen LogP contribution in [-0.2, 0) is 0 Å². The Morgan fingerprint density at radius 1 is 1.13 bits per heavy atom. The van der Waals surface area contributed by atoms with Crippen molar-refractivity contribution in [2.75, 3.05) is 0 Å². The Hall–Kier alpha value is -0.480. The van der Waals surface area contributed by atoms with Crippen LogP contribution >= 0.6 is 23.2 Å². The first-order valence-corrected chi connectivity index (χ1v) is 4.83. The molecule has 0 fully saturated rings. The van der Waals surface area contributed by atoms with Gasteiger partial charge in [0, 0.05) is 0 Å². The summed E-state index contributed by atoms with van der Waals surface area (Å²) in [4.78, 5) is 0. The molecule has 0 aliphatic rings. The quantitative estimate of drug-likeness (QED) is 0.661. The van der Waals surface area contributed by atoms with Gasteiger partial charge in [-0.3, -0.25) is 0 Å². The van der Waals surface area contributed by atoms with Crippen LogP contribution in [0.25, 0.3) is 0 Å². The molecule has 0 atom stereocenters. The zero-order chi connectivity index (χ0) is 11.4. The number of benzene rings is 1. The molecule has 0 amide bonds. The lowest BCUT2D eigenvalue weighted by molar-refractivity contribution is 0.102. The average molecular weight is 254 g/mol. The minimum atomic E-state index is -0.500. The molecule has 0 saturated heterocycles. The Morgan fingerprint density at radius 3 is 1.80 bits per heavy atom. The number of aliphatic hydroxyl groups is 1. The van der Waals surface area contributed by atoms with Crippen molar-refractivity contribution < 1.29 is 10.2 Å². The standard InChI is InChI=1S/C6H4Cl2O.C4H10O.H3N/c7-4-2-1-3-5(9)6(4)8;1-4(2,3)5;/h1-3,9H;5H,1-3H3;1H3. The summed E-state index contributed by atoms with van der Waals surface area (Å²) in [6, 6.07) is 4.72. The van der Waals surface area contributed by atoms with Crippen LogP contribution in [0.1, 0.15) is 20.8 Å². The second-order valence-electron chi connectivity index (χ2n) is 3.74. The number of hydrogen-bond donors (Lipinski definition) is 3. The molecule has 5 heteroatoms. The summed E-state index contributed by atoms with van der Waals surface area (Å²) in [5.41, 5.74) is -0.500. The molecule has 0 saturated carbocycles. The van der Waals surface area contributed by atoms with Crippen LogP contribution in [0.3, 0.4) is 0 Å². The van der Waals surface area contributed by atoms with Crippen molar-refractivity contribution in [1.82, 2.24) is 6.15 Å². The van der Waals surface area contributed by atoms with Gasteiger partial charge < -0.3 is 16.4 Å². The third-order valence-electron chi connectivity index (χ3n) is 0.931. The third kappa shape index (κ3) is 9.82. The second kappa shape index (κ2) is 6.90. The van der Waals surface area contributed by atoms with Crippen molar-refractivity contribution in [1.29, 1.82) is 0 Å². The second-order valence-corrected chi connectivity index (χ2v) is 4.53. The fourth-order valence-corrected chi connectivity index (χ4v) is 0.788. The van der Waals surface area contributed by atoms with Crippen LogP contribution in [0.4, 0.5) is 0 Å². The molecule has 0 aliphatic heterocycles. The molecule has 15 heavy (non-hydrogen) atoms. The molecule has 0 radical (unpaired) electrons. The number of phenols is 1. The van der Waals surface area contributed by atoms with Crippen LogP contribution in [0.15, 0.2) is 18.2 Å². The molecule has 5 N–H and O–H groups in total. The van der Waals surface area contributed by atoms with Gasteiger partial charge >= 0.3 is 0 Å². The first-order chi connectivity index (χ1) is 6.22. The zero-order valence-electron chi connectivity index (χ0n) is 9.09. The fourth-order valence-electron chi connectivity index (χ4n) is 0.492. The summed E-state index contributed by atoms with van der Waals surface area (Å²) in [5, 5.41) is 18.0. The van der Waals surface area contributed by atoms with Crippen molar-refractivity contribution in [3.8, 4) is 5.75 Å². The van der Waals surface area contributed by atoms with Crippen molar-refractivity contribution >= 4 is 23.2 Å². The number of halogens is 2. The lowest BCUT2D eigenvalue weighted by atomic mass is 10.2. The predicted octanol–water partition coefficient (Wildman–Crippen LogP) is 3.64. The fraction of sp³-hybridized carbons (Fsp3) is 0.400. The molecule has 1 rings (SSSR count). The van der Waals surface area contributed by atoms with E-state index < -0.39 is 5.60 Å². The van der Waals surface area contributed by atoms with Crippen LogP contribution in [0, 0.1) is 0 Å². The summed E-state index contributed by atoms with van der Waals surface area (Å²) >= 11 is 11.0. The van der Waals surface area contributed by atoms with Crippen molar-refractivity contribution in [2.45, 2.75) is 26.4 Å². The molecule has 88 valence electrons. The molecule has 0 unspecified atom stereocenters. The van der Waals surface area contributed by atoms with Gasteiger partial charge in [-0.15, -0.1) is 0 Å². The molecular formula is C10H17Cl2NO2. The highest BCUT2D eigenvalue weighted by atomic mass is 35.5. The van der Waals surface area contributed by atoms with E-state index in [0.29, 0.717) is 5.02 Å². The van der Waals surface area contributed by atoms with Gasteiger partial charge in [-0.25, -0.2) is 0 Å². The highest BCUT2D eigenvalue weighted by Gasteiger charge is 1.99. The predicted molar refractivity (Wildman–Crippen MR) is 65.1 cm³/mol. The minimum absolute atomic E-state index is 0. The van der Waals surface area contributed by atoms with E-state index in [-0.39, 0.29) is 16.9 Å². The molecule has 0 aliphatic carbocycles. The lowest BCUT2D eigenvalue weighted by Crippen LogP contribution is -2.10. The minimum Gasteiger partial charge on any atom is -0.506 e. The first kappa shape index (κ1) is 16.9. The lowest BCUT2D eigenvalue weighted by Gasteiger charge is -2.04. The number of aromatic hydroxyl groups is 1. The monoisotopic (exact) mass is 253 g/mol. The molecule has 0 heterocycles. The number of hydrogen-bond acceptors (Lipinski definition) is 3. The Balaban J connectivity index is 0. The summed E-state index contributed by atoms with van der Waals surface area (Å²) in [6.07, 6.45) is 0. The van der Waals surface area contributed by atoms with Gasteiger partial charge in [-0.2, -0.15) is 0 Å². The largest absolute Gasteiger partial charge is 0.506 e. The van der Waals surface area contributed by atoms with Crippen LogP contribution in [-0.4, -0.2) is 15.8 Å². The van der Waals surface area contributed by atoms with E-state index in [9.17, 15) is 0 Å². The molecule has 3 nitrogen and oxygen atoms in total. The molecular weight excluding hydrogens is 237 g/mol. The summed E-state index contributed by atoms with van der Waals surface area (Å²) in [7, 11) is 0. The van der Waals surface area contributed by atoms with E-state index in [0.717, 1.165) is 0 Å². The third-order valence-corrected chi connectivity index (χ3v) is 1.74. The van der Waals surface area contributed by atoms with Crippen molar-refractivity contribution in [3.63, 3.8) is 0 Å². The van der Waals surface area contributed by atoms with E-state index in [1.54, 1.807) is 32.9 Å². The maximum absolute atomic E-state index is 8.88. The van der Waals surface area contributed by atoms with Gasteiger partial charge in [-0.1, -0.05) is 29.3 Å². The number of rotatable bonds is 0. The normalized spacial score (nSPS) is 9.73. The van der Waals surface area contributed by atoms with E-state index in [1.165, 1.54) is 6.07 Å². The van der Waals surface area contributed by atoms with Crippen molar-refractivity contribution in [2.24, 2.45) is 0 Å². The van der Waals surface area contributed by atoms with E-state index in [4.69, 9.17) is 33.4 Å².